The molecule has 2 heterocycles. The largest absolute Gasteiger partial charge is 0.326 e. The van der Waals surface area contributed by atoms with Crippen molar-refractivity contribution in [3.63, 3.8) is 0 Å². The van der Waals surface area contributed by atoms with Crippen LogP contribution in [0.25, 0.3) is 16.9 Å². The van der Waals surface area contributed by atoms with Gasteiger partial charge in [-0.25, -0.2) is 9.50 Å². The van der Waals surface area contributed by atoms with Gasteiger partial charge in [0.2, 0.25) is 0 Å². The molecular weight excluding hydrogens is 200 g/mol. The summed E-state index contributed by atoms with van der Waals surface area (Å²) in [7, 11) is 0. The molecule has 0 unspecified atom stereocenters. The normalized spacial score (nSPS) is 11.1. The molecule has 80 valence electrons. The van der Waals surface area contributed by atoms with Crippen molar-refractivity contribution in [3.05, 3.63) is 48.3 Å². The first-order valence-corrected chi connectivity index (χ1v) is 5.19. The van der Waals surface area contributed by atoms with E-state index in [9.17, 15) is 0 Å². The summed E-state index contributed by atoms with van der Waals surface area (Å²) in [5.74, 6) is 0. The first-order valence-electron chi connectivity index (χ1n) is 5.19. The lowest BCUT2D eigenvalue weighted by atomic mass is 10.1. The van der Waals surface area contributed by atoms with Crippen LogP contribution in [0.4, 0.5) is 0 Å². The van der Waals surface area contributed by atoms with Gasteiger partial charge in [0, 0.05) is 24.4 Å². The summed E-state index contributed by atoms with van der Waals surface area (Å²) in [6, 6.07) is 10.1. The molecule has 0 amide bonds. The zero-order valence-corrected chi connectivity index (χ0v) is 8.72. The number of aromatic amines is 1. The summed E-state index contributed by atoms with van der Waals surface area (Å²) in [6.07, 6.45) is 3.84. The van der Waals surface area contributed by atoms with Gasteiger partial charge in [0.25, 0.3) is 0 Å². The summed E-state index contributed by atoms with van der Waals surface area (Å²) in [6.45, 7) is 0.555. The molecule has 0 saturated carbocycles. The number of imidazole rings is 1. The Bertz CT molecular complexity index is 592. The molecule has 0 radical (unpaired) electrons. The van der Waals surface area contributed by atoms with E-state index in [1.807, 2.05) is 41.2 Å². The van der Waals surface area contributed by atoms with Gasteiger partial charge in [-0.1, -0.05) is 18.2 Å². The average molecular weight is 212 g/mol. The molecule has 1 aromatic carbocycles. The van der Waals surface area contributed by atoms with Crippen LogP contribution in [0, 0.1) is 0 Å². The number of benzene rings is 1. The van der Waals surface area contributed by atoms with Gasteiger partial charge in [-0.15, -0.1) is 0 Å². The van der Waals surface area contributed by atoms with Gasteiger partial charge in [-0.2, -0.15) is 0 Å². The Hall–Kier alpha value is -2.07. The van der Waals surface area contributed by atoms with Gasteiger partial charge in [0.05, 0.1) is 11.9 Å². The first kappa shape index (κ1) is 9.18. The third-order valence-corrected chi connectivity index (χ3v) is 2.64. The maximum atomic E-state index is 5.62. The lowest BCUT2D eigenvalue weighted by molar-refractivity contribution is 0.974. The Kier molecular flexibility index (Phi) is 2.01. The number of aromatic nitrogens is 3. The summed E-state index contributed by atoms with van der Waals surface area (Å²) in [5.41, 5.74) is 9.72. The molecule has 0 atom stereocenters. The number of fused-ring (bicyclic) bond motifs is 1. The van der Waals surface area contributed by atoms with Crippen LogP contribution in [0.1, 0.15) is 5.56 Å². The number of nitrogens with one attached hydrogen (secondary N) is 1. The fraction of sp³-hybridized carbons (Fsp3) is 0.0833. The minimum Gasteiger partial charge on any atom is -0.326 e. The molecule has 0 bridgehead atoms. The molecule has 0 aliphatic rings. The summed E-state index contributed by atoms with van der Waals surface area (Å²) in [4.78, 5) is 4.51. The predicted molar refractivity (Wildman–Crippen MR) is 62.9 cm³/mol. The highest BCUT2D eigenvalue weighted by Gasteiger charge is 2.04. The first-order chi connectivity index (χ1) is 7.86. The van der Waals surface area contributed by atoms with Crippen LogP contribution in [-0.4, -0.2) is 14.6 Å². The van der Waals surface area contributed by atoms with Crippen LogP contribution >= 0.6 is 0 Å². The van der Waals surface area contributed by atoms with Gasteiger partial charge < -0.3 is 10.8 Å². The fourth-order valence-corrected chi connectivity index (χ4v) is 1.80. The standard InChI is InChI=1S/C12H12N4/c13-7-9-2-1-3-10(6-9)11-8-16-12(15-11)4-5-14-16/h1-6,8,14H,7,13H2. The van der Waals surface area contributed by atoms with Crippen LogP contribution in [0.2, 0.25) is 0 Å². The number of hydrogen-bond acceptors (Lipinski definition) is 2. The monoisotopic (exact) mass is 212 g/mol. The molecular formula is C12H12N4. The molecule has 3 rings (SSSR count). The van der Waals surface area contributed by atoms with Crippen LogP contribution in [0.5, 0.6) is 0 Å². The molecule has 0 aliphatic carbocycles. The topological polar surface area (TPSA) is 59.1 Å². The predicted octanol–water partition coefficient (Wildman–Crippen LogP) is 1.79. The molecule has 0 spiro atoms. The molecule has 4 heteroatoms. The second kappa shape index (κ2) is 3.50. The van der Waals surface area contributed by atoms with Crippen molar-refractivity contribution in [1.29, 1.82) is 0 Å². The average Bonchev–Trinajstić information content (AvgIpc) is 2.89. The van der Waals surface area contributed by atoms with Crippen LogP contribution in [0.15, 0.2) is 42.7 Å². The smallest absolute Gasteiger partial charge is 0.153 e. The van der Waals surface area contributed by atoms with Crippen molar-refractivity contribution in [3.8, 4) is 11.3 Å². The summed E-state index contributed by atoms with van der Waals surface area (Å²) >= 11 is 0. The SMILES string of the molecule is NCc1cccc(-c2cn3[nH]ccc3n2)c1. The number of H-pyrrole nitrogens is 1. The van der Waals surface area contributed by atoms with Crippen LogP contribution < -0.4 is 5.73 Å². The lowest BCUT2D eigenvalue weighted by Gasteiger charge is -1.99. The van der Waals surface area contributed by atoms with Gasteiger partial charge in [0.15, 0.2) is 5.65 Å². The molecule has 0 aliphatic heterocycles. The van der Waals surface area contributed by atoms with Crippen molar-refractivity contribution in [2.75, 3.05) is 0 Å². The highest BCUT2D eigenvalue weighted by Crippen LogP contribution is 2.19. The zero-order valence-electron chi connectivity index (χ0n) is 8.72. The van der Waals surface area contributed by atoms with E-state index >= 15 is 0 Å². The quantitative estimate of drug-likeness (QED) is 0.680. The maximum absolute atomic E-state index is 5.62. The Balaban J connectivity index is 2.11. The van der Waals surface area contributed by atoms with E-state index in [2.05, 4.69) is 16.1 Å². The van der Waals surface area contributed by atoms with Crippen molar-refractivity contribution >= 4 is 5.65 Å². The van der Waals surface area contributed by atoms with E-state index in [4.69, 9.17) is 5.73 Å². The zero-order chi connectivity index (χ0) is 11.0. The maximum Gasteiger partial charge on any atom is 0.153 e. The highest BCUT2D eigenvalue weighted by atomic mass is 15.2. The molecule has 0 fully saturated rings. The number of nitrogens with two attached hydrogens (primary N) is 1. The summed E-state index contributed by atoms with van der Waals surface area (Å²) in [5, 5.41) is 3.07. The lowest BCUT2D eigenvalue weighted by Crippen LogP contribution is -1.95. The van der Waals surface area contributed by atoms with Crippen molar-refractivity contribution in [2.45, 2.75) is 6.54 Å². The minimum absolute atomic E-state index is 0.555. The van der Waals surface area contributed by atoms with E-state index in [1.54, 1.807) is 0 Å². The van der Waals surface area contributed by atoms with Gasteiger partial charge >= 0.3 is 0 Å². The van der Waals surface area contributed by atoms with E-state index in [1.165, 1.54) is 0 Å². The van der Waals surface area contributed by atoms with E-state index in [0.717, 1.165) is 22.5 Å². The Labute approximate surface area is 92.7 Å². The molecule has 3 aromatic rings. The molecule has 0 saturated heterocycles. The Morgan fingerprint density at radius 2 is 2.25 bits per heavy atom. The van der Waals surface area contributed by atoms with E-state index < -0.39 is 0 Å². The number of nitrogens with zero attached hydrogens (tertiary/aromatic N) is 2. The van der Waals surface area contributed by atoms with Gasteiger partial charge in [-0.3, -0.25) is 0 Å². The Morgan fingerprint density at radius 3 is 3.06 bits per heavy atom. The van der Waals surface area contributed by atoms with E-state index in [-0.39, 0.29) is 0 Å². The third kappa shape index (κ3) is 1.40. The molecule has 16 heavy (non-hydrogen) atoms. The van der Waals surface area contributed by atoms with Crippen molar-refractivity contribution < 1.29 is 0 Å². The van der Waals surface area contributed by atoms with Crippen LogP contribution in [-0.2, 0) is 6.54 Å². The second-order valence-electron chi connectivity index (χ2n) is 3.72. The van der Waals surface area contributed by atoms with Gasteiger partial charge in [-0.05, 0) is 11.6 Å². The molecule has 3 N–H and O–H groups in total. The Morgan fingerprint density at radius 1 is 1.31 bits per heavy atom. The fourth-order valence-electron chi connectivity index (χ4n) is 1.80. The van der Waals surface area contributed by atoms with Crippen molar-refractivity contribution in [1.82, 2.24) is 14.6 Å². The summed E-state index contributed by atoms with van der Waals surface area (Å²) < 4.78 is 1.89. The highest BCUT2D eigenvalue weighted by molar-refractivity contribution is 5.63. The number of hydrogen-bond donors (Lipinski definition) is 2. The minimum atomic E-state index is 0.555. The van der Waals surface area contributed by atoms with Crippen LogP contribution in [0.3, 0.4) is 0 Å². The second-order valence-corrected chi connectivity index (χ2v) is 3.72. The third-order valence-electron chi connectivity index (χ3n) is 2.64. The van der Waals surface area contributed by atoms with Gasteiger partial charge in [0.1, 0.15) is 0 Å². The molecule has 4 nitrogen and oxygen atoms in total. The van der Waals surface area contributed by atoms with Crippen molar-refractivity contribution in [2.24, 2.45) is 5.73 Å². The number of rotatable bonds is 2. The molecule has 2 aromatic heterocycles. The van der Waals surface area contributed by atoms with E-state index in [0.29, 0.717) is 6.54 Å².